The number of nitrogens with one attached hydrogen (secondary N) is 1. The fourth-order valence-corrected chi connectivity index (χ4v) is 1.90. The maximum Gasteiger partial charge on any atom is 0.123 e. The fourth-order valence-electron chi connectivity index (χ4n) is 1.90. The molecular weight excluding hydrogens is 257 g/mol. The Balaban J connectivity index is 2.78. The van der Waals surface area contributed by atoms with Gasteiger partial charge in [-0.25, -0.2) is 4.39 Å². The van der Waals surface area contributed by atoms with Crippen molar-refractivity contribution in [1.82, 2.24) is 5.32 Å². The standard InChI is InChI=1S/C16H26FNO2/c1-12(11-19-5)20-15(10-18-16(2,3)4)13-7-6-8-14(17)9-13/h6-9,12,15,18H,10-11H2,1-5H3. The Morgan fingerprint density at radius 2 is 2.00 bits per heavy atom. The summed E-state index contributed by atoms with van der Waals surface area (Å²) in [7, 11) is 1.64. The van der Waals surface area contributed by atoms with E-state index in [1.807, 2.05) is 13.0 Å². The molecule has 0 aliphatic heterocycles. The molecule has 0 amide bonds. The SMILES string of the molecule is COCC(C)OC(CNC(C)(C)C)c1cccc(F)c1. The average molecular weight is 283 g/mol. The van der Waals surface area contributed by atoms with E-state index in [1.165, 1.54) is 12.1 Å². The normalized spacial score (nSPS) is 15.1. The van der Waals surface area contributed by atoms with Gasteiger partial charge in [-0.1, -0.05) is 12.1 Å². The lowest BCUT2D eigenvalue weighted by atomic mass is 10.1. The third kappa shape index (κ3) is 6.46. The highest BCUT2D eigenvalue weighted by Gasteiger charge is 2.19. The summed E-state index contributed by atoms with van der Waals surface area (Å²) < 4.78 is 24.4. The Morgan fingerprint density at radius 1 is 1.30 bits per heavy atom. The number of ether oxygens (including phenoxy) is 2. The van der Waals surface area contributed by atoms with Crippen molar-refractivity contribution in [3.8, 4) is 0 Å². The van der Waals surface area contributed by atoms with Gasteiger partial charge in [0.1, 0.15) is 5.82 Å². The number of rotatable bonds is 7. The first-order valence-corrected chi connectivity index (χ1v) is 6.96. The maximum atomic E-state index is 13.4. The molecule has 1 aromatic carbocycles. The van der Waals surface area contributed by atoms with Gasteiger partial charge in [0.15, 0.2) is 0 Å². The second-order valence-electron chi connectivity index (χ2n) is 6.08. The lowest BCUT2D eigenvalue weighted by Gasteiger charge is -2.27. The second-order valence-corrected chi connectivity index (χ2v) is 6.08. The molecule has 0 bridgehead atoms. The Kier molecular flexibility index (Phi) is 6.59. The third-order valence-corrected chi connectivity index (χ3v) is 2.84. The zero-order chi connectivity index (χ0) is 15.2. The monoisotopic (exact) mass is 283 g/mol. The Morgan fingerprint density at radius 3 is 2.55 bits per heavy atom. The van der Waals surface area contributed by atoms with E-state index in [4.69, 9.17) is 9.47 Å². The summed E-state index contributed by atoms with van der Waals surface area (Å²) in [5.41, 5.74) is 0.823. The molecule has 2 unspecified atom stereocenters. The van der Waals surface area contributed by atoms with Crippen LogP contribution in [0.5, 0.6) is 0 Å². The van der Waals surface area contributed by atoms with Gasteiger partial charge in [-0.2, -0.15) is 0 Å². The summed E-state index contributed by atoms with van der Waals surface area (Å²) in [6, 6.07) is 6.56. The smallest absolute Gasteiger partial charge is 0.123 e. The number of hydrogen-bond donors (Lipinski definition) is 1. The van der Waals surface area contributed by atoms with Crippen LogP contribution in [0.2, 0.25) is 0 Å². The third-order valence-electron chi connectivity index (χ3n) is 2.84. The molecular formula is C16H26FNO2. The largest absolute Gasteiger partial charge is 0.382 e. The van der Waals surface area contributed by atoms with Gasteiger partial charge in [0.05, 0.1) is 18.8 Å². The summed E-state index contributed by atoms with van der Waals surface area (Å²) in [5.74, 6) is -0.244. The van der Waals surface area contributed by atoms with E-state index in [1.54, 1.807) is 13.2 Å². The Hall–Kier alpha value is -0.970. The van der Waals surface area contributed by atoms with E-state index in [0.717, 1.165) is 5.56 Å². The first-order valence-electron chi connectivity index (χ1n) is 6.96. The zero-order valence-corrected chi connectivity index (χ0v) is 13.1. The van der Waals surface area contributed by atoms with Gasteiger partial charge in [-0.05, 0) is 45.4 Å². The topological polar surface area (TPSA) is 30.5 Å². The molecule has 0 heterocycles. The van der Waals surface area contributed by atoms with E-state index in [2.05, 4.69) is 26.1 Å². The molecule has 0 radical (unpaired) electrons. The molecule has 3 nitrogen and oxygen atoms in total. The molecule has 0 aliphatic rings. The Bertz CT molecular complexity index is 404. The van der Waals surface area contributed by atoms with Gasteiger partial charge in [-0.15, -0.1) is 0 Å². The van der Waals surface area contributed by atoms with Crippen molar-refractivity contribution in [2.75, 3.05) is 20.3 Å². The lowest BCUT2D eigenvalue weighted by Crippen LogP contribution is -2.39. The van der Waals surface area contributed by atoms with Crippen LogP contribution in [0.3, 0.4) is 0 Å². The van der Waals surface area contributed by atoms with Crippen molar-refractivity contribution in [3.05, 3.63) is 35.6 Å². The maximum absolute atomic E-state index is 13.4. The highest BCUT2D eigenvalue weighted by atomic mass is 19.1. The molecule has 0 saturated carbocycles. The van der Waals surface area contributed by atoms with Crippen molar-refractivity contribution in [3.63, 3.8) is 0 Å². The first-order chi connectivity index (χ1) is 9.31. The van der Waals surface area contributed by atoms with Gasteiger partial charge in [0, 0.05) is 19.2 Å². The van der Waals surface area contributed by atoms with Crippen LogP contribution in [-0.4, -0.2) is 31.9 Å². The van der Waals surface area contributed by atoms with Gasteiger partial charge in [-0.3, -0.25) is 0 Å². The predicted octanol–water partition coefficient (Wildman–Crippen LogP) is 3.31. The van der Waals surface area contributed by atoms with Crippen molar-refractivity contribution >= 4 is 0 Å². The van der Waals surface area contributed by atoms with E-state index in [9.17, 15) is 4.39 Å². The lowest BCUT2D eigenvalue weighted by molar-refractivity contribution is -0.0412. The van der Waals surface area contributed by atoms with Crippen LogP contribution in [0, 0.1) is 5.82 Å². The fraction of sp³-hybridized carbons (Fsp3) is 0.625. The van der Waals surface area contributed by atoms with Crippen molar-refractivity contribution in [2.24, 2.45) is 0 Å². The number of hydrogen-bond acceptors (Lipinski definition) is 3. The summed E-state index contributed by atoms with van der Waals surface area (Å²) in [6.45, 7) is 9.37. The van der Waals surface area contributed by atoms with Gasteiger partial charge >= 0.3 is 0 Å². The molecule has 2 atom stereocenters. The molecule has 1 N–H and O–H groups in total. The van der Waals surface area contributed by atoms with Crippen LogP contribution >= 0.6 is 0 Å². The minimum absolute atomic E-state index is 0.0145. The molecule has 114 valence electrons. The van der Waals surface area contributed by atoms with Gasteiger partial charge in [0.2, 0.25) is 0 Å². The molecule has 1 rings (SSSR count). The minimum Gasteiger partial charge on any atom is -0.382 e. The molecule has 0 aliphatic carbocycles. The van der Waals surface area contributed by atoms with Crippen molar-refractivity contribution < 1.29 is 13.9 Å². The van der Waals surface area contributed by atoms with Crippen molar-refractivity contribution in [2.45, 2.75) is 45.4 Å². The predicted molar refractivity (Wildman–Crippen MR) is 79.3 cm³/mol. The Labute approximate surface area is 121 Å². The summed E-state index contributed by atoms with van der Waals surface area (Å²) in [6.07, 6.45) is -0.245. The molecule has 0 aromatic heterocycles. The van der Waals surface area contributed by atoms with Gasteiger partial charge in [0.25, 0.3) is 0 Å². The quantitative estimate of drug-likeness (QED) is 0.833. The van der Waals surface area contributed by atoms with Crippen LogP contribution in [0.1, 0.15) is 39.4 Å². The second kappa shape index (κ2) is 7.72. The minimum atomic E-state index is -0.244. The number of halogens is 1. The van der Waals surface area contributed by atoms with E-state index in [0.29, 0.717) is 13.2 Å². The molecule has 1 aromatic rings. The average Bonchev–Trinajstić information content (AvgIpc) is 2.33. The molecule has 0 saturated heterocycles. The van der Waals surface area contributed by atoms with Crippen LogP contribution in [0.15, 0.2) is 24.3 Å². The zero-order valence-electron chi connectivity index (χ0n) is 13.1. The highest BCUT2D eigenvalue weighted by molar-refractivity contribution is 5.19. The molecule has 0 fully saturated rings. The summed E-state index contributed by atoms with van der Waals surface area (Å²) in [4.78, 5) is 0. The van der Waals surface area contributed by atoms with Crippen LogP contribution in [-0.2, 0) is 9.47 Å². The molecule has 4 heteroatoms. The van der Waals surface area contributed by atoms with Crippen LogP contribution < -0.4 is 5.32 Å². The summed E-state index contributed by atoms with van der Waals surface area (Å²) in [5, 5.41) is 3.40. The van der Waals surface area contributed by atoms with E-state index < -0.39 is 0 Å². The van der Waals surface area contributed by atoms with E-state index >= 15 is 0 Å². The van der Waals surface area contributed by atoms with Crippen LogP contribution in [0.25, 0.3) is 0 Å². The first kappa shape index (κ1) is 17.1. The van der Waals surface area contributed by atoms with Crippen molar-refractivity contribution in [1.29, 1.82) is 0 Å². The molecule has 20 heavy (non-hydrogen) atoms. The van der Waals surface area contributed by atoms with E-state index in [-0.39, 0.29) is 23.6 Å². The number of benzene rings is 1. The number of methoxy groups -OCH3 is 1. The summed E-state index contributed by atoms with van der Waals surface area (Å²) >= 11 is 0. The highest BCUT2D eigenvalue weighted by Crippen LogP contribution is 2.20. The molecule has 0 spiro atoms. The van der Waals surface area contributed by atoms with Gasteiger partial charge < -0.3 is 14.8 Å². The van der Waals surface area contributed by atoms with Crippen LogP contribution in [0.4, 0.5) is 4.39 Å².